The first-order valence-corrected chi connectivity index (χ1v) is 22.4. The minimum atomic E-state index is -0.812. The van der Waals surface area contributed by atoms with Crippen molar-refractivity contribution in [1.29, 1.82) is 0 Å². The summed E-state index contributed by atoms with van der Waals surface area (Å²) in [6.07, 6.45) is 13.8. The van der Waals surface area contributed by atoms with Gasteiger partial charge in [0.25, 0.3) is 0 Å². The fourth-order valence-corrected chi connectivity index (χ4v) is 4.55. The molecule has 6 N–H and O–H groups in total. The van der Waals surface area contributed by atoms with Crippen molar-refractivity contribution in [1.82, 2.24) is 10.6 Å². The molecule has 3 atom stereocenters. The molecule has 2 aromatic rings. The first-order chi connectivity index (χ1) is 29.1. The molecular weight excluding hydrogens is 785 g/mol. The molecule has 1 saturated carbocycles. The van der Waals surface area contributed by atoms with E-state index in [0.29, 0.717) is 6.42 Å². The quantitative estimate of drug-likeness (QED) is 0.159. The van der Waals surface area contributed by atoms with Gasteiger partial charge in [0, 0.05) is 26.2 Å². The fourth-order valence-electron chi connectivity index (χ4n) is 4.55. The number of ketones is 4. The molecule has 0 saturated heterocycles. The predicted molar refractivity (Wildman–Crippen MR) is 258 cm³/mol. The topological polar surface area (TPSA) is 213 Å². The van der Waals surface area contributed by atoms with Crippen molar-refractivity contribution < 1.29 is 38.4 Å². The molecule has 12 nitrogen and oxygen atoms in total. The smallest absolute Gasteiger partial charge is 0.318 e. The van der Waals surface area contributed by atoms with Crippen LogP contribution in [0.25, 0.3) is 0 Å². The monoisotopic (exact) mass is 873 g/mol. The summed E-state index contributed by atoms with van der Waals surface area (Å²) < 4.78 is 0. The summed E-state index contributed by atoms with van der Waals surface area (Å²) in [7, 11) is 0. The highest BCUT2D eigenvalue weighted by Crippen LogP contribution is 2.18. The second-order valence-corrected chi connectivity index (χ2v) is 14.3. The van der Waals surface area contributed by atoms with E-state index in [1.165, 1.54) is 85.1 Å². The van der Waals surface area contributed by atoms with Crippen molar-refractivity contribution in [2.24, 2.45) is 17.4 Å². The molecule has 3 rings (SSSR count). The highest BCUT2D eigenvalue weighted by Gasteiger charge is 2.15. The molecule has 1 aliphatic carbocycles. The Labute approximate surface area is 376 Å². The zero-order chi connectivity index (χ0) is 49.5. The number of urea groups is 1. The Morgan fingerprint density at radius 2 is 1.03 bits per heavy atom. The van der Waals surface area contributed by atoms with Crippen LogP contribution in [0.15, 0.2) is 60.7 Å². The Morgan fingerprint density at radius 3 is 1.23 bits per heavy atom. The van der Waals surface area contributed by atoms with E-state index in [4.69, 9.17) is 5.73 Å². The van der Waals surface area contributed by atoms with Gasteiger partial charge in [-0.2, -0.15) is 0 Å². The first kappa shape index (κ1) is 68.7. The van der Waals surface area contributed by atoms with Crippen LogP contribution in [0.1, 0.15) is 191 Å². The van der Waals surface area contributed by atoms with Crippen LogP contribution in [0, 0.1) is 12.8 Å². The number of benzene rings is 2. The second kappa shape index (κ2) is 50.4. The van der Waals surface area contributed by atoms with Crippen LogP contribution in [-0.2, 0) is 33.6 Å². The molecule has 2 aromatic carbocycles. The van der Waals surface area contributed by atoms with Crippen LogP contribution < -0.4 is 22.1 Å². The van der Waals surface area contributed by atoms with Crippen molar-refractivity contribution in [2.45, 2.75) is 193 Å². The van der Waals surface area contributed by atoms with E-state index >= 15 is 0 Å². The zero-order valence-corrected chi connectivity index (χ0v) is 41.4. The van der Waals surface area contributed by atoms with Crippen molar-refractivity contribution in [3.63, 3.8) is 0 Å². The second-order valence-electron chi connectivity index (χ2n) is 14.3. The van der Waals surface area contributed by atoms with Crippen LogP contribution in [0.2, 0.25) is 0 Å². The predicted octanol–water partition coefficient (Wildman–Crippen LogP) is 10.7. The average molecular weight is 873 g/mol. The Kier molecular flexibility index (Phi) is 55.8. The number of amides is 5. The summed E-state index contributed by atoms with van der Waals surface area (Å²) in [5, 5.41) is 4.48. The first-order valence-electron chi connectivity index (χ1n) is 22.4. The molecule has 0 aromatic heterocycles. The standard InChI is InChI=1S/C10H13NO.C9H17NO2.C7H12O2.C7H8.C6H12.C3H6N2O2.C3H6O.C3H8.C2H6/c1-2-9(10(11)12)8-6-4-3-5-7-8;1-4-6-8(7(3)11)10-9(12)5-2;1-4-5(2)7(9)6(3)8;1-7-5-3-2-4-6-7;1-2-4-6-5-3-1;1-2(6)5-3(4)7;1-3(2)4;1-3-2;1-2/h3-7,9H,2H2,1H3,(H2,11,12);8H,4-6H2,1-3H3,(H,10,12);5H,4H2,1-3H3;2-6H,1H3;1-6H2;1H3,(H3,4,5,6,7);1-2H3;3H2,1-2H3;1-2H3. The highest BCUT2D eigenvalue weighted by atomic mass is 16.2. The van der Waals surface area contributed by atoms with Crippen molar-refractivity contribution in [3.05, 3.63) is 71.8 Å². The SMILES string of the molecule is C1CCCCC1.CC.CC(=O)NC(N)=O.CC(C)=O.CCC.CCC(C(N)=O)c1ccccc1.CCC(C)C(=O)C(C)=O.CCCC(NC(=O)CC)C(C)=O.Cc1ccccc1. The molecule has 1 aliphatic rings. The van der Waals surface area contributed by atoms with E-state index in [1.54, 1.807) is 19.2 Å². The number of primary amides is 2. The maximum atomic E-state index is 11.0. The van der Waals surface area contributed by atoms with Gasteiger partial charge in [-0.1, -0.05) is 180 Å². The summed E-state index contributed by atoms with van der Waals surface area (Å²) in [6, 6.07) is 18.8. The zero-order valence-electron chi connectivity index (χ0n) is 41.4. The van der Waals surface area contributed by atoms with Crippen LogP contribution in [0.5, 0.6) is 0 Å². The lowest BCUT2D eigenvalue weighted by Crippen LogP contribution is -2.39. The Balaban J connectivity index is -0.000000148. The summed E-state index contributed by atoms with van der Waals surface area (Å²) >= 11 is 0. The maximum absolute atomic E-state index is 11.0. The minimum Gasteiger partial charge on any atom is -0.369 e. The fraction of sp³-hybridized carbons (Fsp3) is 0.600. The van der Waals surface area contributed by atoms with Gasteiger partial charge < -0.3 is 21.6 Å². The molecule has 12 heteroatoms. The van der Waals surface area contributed by atoms with Gasteiger partial charge >= 0.3 is 6.03 Å². The largest absolute Gasteiger partial charge is 0.369 e. The number of aryl methyl sites for hydroxylation is 1. The highest BCUT2D eigenvalue weighted by molar-refractivity contribution is 6.36. The molecule has 3 unspecified atom stereocenters. The number of nitrogens with one attached hydrogen (secondary N) is 2. The van der Waals surface area contributed by atoms with Gasteiger partial charge in [-0.25, -0.2) is 4.79 Å². The van der Waals surface area contributed by atoms with Gasteiger partial charge in [-0.15, -0.1) is 0 Å². The van der Waals surface area contributed by atoms with Crippen LogP contribution in [0.4, 0.5) is 4.79 Å². The van der Waals surface area contributed by atoms with E-state index in [-0.39, 0.29) is 52.8 Å². The van der Waals surface area contributed by atoms with Crippen molar-refractivity contribution >= 4 is 46.9 Å². The number of carbonyl (C=O) groups excluding carboxylic acids is 8. The minimum absolute atomic E-state index is 0.0404. The van der Waals surface area contributed by atoms with Crippen LogP contribution in [-0.4, -0.2) is 52.9 Å². The molecule has 5 amide bonds. The Bertz CT molecular complexity index is 1400. The third-order valence-corrected chi connectivity index (χ3v) is 7.82. The Hall–Kier alpha value is -5.00. The molecule has 0 heterocycles. The number of hydrogen-bond donors (Lipinski definition) is 4. The number of carbonyl (C=O) groups is 8. The van der Waals surface area contributed by atoms with E-state index in [2.05, 4.69) is 44.0 Å². The molecule has 0 radical (unpaired) electrons. The van der Waals surface area contributed by atoms with Gasteiger partial charge in [0.15, 0.2) is 11.6 Å². The van der Waals surface area contributed by atoms with E-state index < -0.39 is 11.9 Å². The number of hydrogen-bond acceptors (Lipinski definition) is 8. The molecule has 62 heavy (non-hydrogen) atoms. The van der Waals surface area contributed by atoms with Crippen molar-refractivity contribution in [3.8, 4) is 0 Å². The molecule has 1 fully saturated rings. The summed E-state index contributed by atoms with van der Waals surface area (Å²) in [5.74, 6) is -1.34. The lowest BCUT2D eigenvalue weighted by Gasteiger charge is -2.13. The van der Waals surface area contributed by atoms with Crippen LogP contribution >= 0.6 is 0 Å². The number of rotatable bonds is 11. The number of Topliss-reactive ketones (excluding diaryl/α,β-unsaturated/α-hetero) is 4. The summed E-state index contributed by atoms with van der Waals surface area (Å²) in [5.41, 5.74) is 12.1. The van der Waals surface area contributed by atoms with E-state index in [1.807, 2.05) is 83.1 Å². The van der Waals surface area contributed by atoms with Gasteiger partial charge in [-0.05, 0) is 52.5 Å². The van der Waals surface area contributed by atoms with Crippen LogP contribution in [0.3, 0.4) is 0 Å². The average Bonchev–Trinajstić information content (AvgIpc) is 3.23. The summed E-state index contributed by atoms with van der Waals surface area (Å²) in [4.78, 5) is 83.0. The third-order valence-electron chi connectivity index (χ3n) is 7.82. The number of imide groups is 1. The van der Waals surface area contributed by atoms with Gasteiger partial charge in [0.1, 0.15) is 5.78 Å². The van der Waals surface area contributed by atoms with Crippen molar-refractivity contribution in [2.75, 3.05) is 0 Å². The van der Waals surface area contributed by atoms with E-state index in [0.717, 1.165) is 31.2 Å². The van der Waals surface area contributed by atoms with Gasteiger partial charge in [0.05, 0.1) is 12.0 Å². The van der Waals surface area contributed by atoms with Gasteiger partial charge in [0.2, 0.25) is 23.5 Å². The summed E-state index contributed by atoms with van der Waals surface area (Å²) in [6.45, 7) is 26.8. The molecular formula is C50H88N4O8. The molecule has 0 spiro atoms. The third kappa shape index (κ3) is 55.0. The lowest BCUT2D eigenvalue weighted by molar-refractivity contribution is -0.137. The Morgan fingerprint density at radius 1 is 0.645 bits per heavy atom. The lowest BCUT2D eigenvalue weighted by atomic mass is 9.96. The van der Waals surface area contributed by atoms with Gasteiger partial charge in [-0.3, -0.25) is 34.1 Å². The normalized spacial score (nSPS) is 11.6. The van der Waals surface area contributed by atoms with E-state index in [9.17, 15) is 38.4 Å². The molecule has 0 bridgehead atoms. The maximum Gasteiger partial charge on any atom is 0.318 e. The molecule has 356 valence electrons. The molecule has 0 aliphatic heterocycles. The number of nitrogens with two attached hydrogens (primary N) is 2.